The summed E-state index contributed by atoms with van der Waals surface area (Å²) in [4.78, 5) is 38.5. The van der Waals surface area contributed by atoms with E-state index < -0.39 is 5.63 Å². The zero-order valence-electron chi connectivity index (χ0n) is 16.6. The largest absolute Gasteiger partial charge is 0.468 e. The van der Waals surface area contributed by atoms with Gasteiger partial charge in [0.05, 0.1) is 13.7 Å². The van der Waals surface area contributed by atoms with Crippen molar-refractivity contribution in [1.29, 1.82) is 0 Å². The summed E-state index contributed by atoms with van der Waals surface area (Å²) in [6, 6.07) is 1.80. The Kier molecular flexibility index (Phi) is 6.85. The van der Waals surface area contributed by atoms with Crippen molar-refractivity contribution in [3.05, 3.63) is 33.4 Å². The summed E-state index contributed by atoms with van der Waals surface area (Å²) in [6.07, 6.45) is 3.47. The first-order valence-corrected chi connectivity index (χ1v) is 9.93. The van der Waals surface area contributed by atoms with Crippen LogP contribution in [-0.2, 0) is 9.53 Å². The van der Waals surface area contributed by atoms with Crippen molar-refractivity contribution in [2.45, 2.75) is 44.6 Å². The number of amides is 1. The minimum atomic E-state index is -0.568. The van der Waals surface area contributed by atoms with Crippen LogP contribution in [0, 0.1) is 6.92 Å². The lowest BCUT2D eigenvalue weighted by molar-refractivity contribution is -0.142. The molecule has 8 nitrogen and oxygen atoms in total. The van der Waals surface area contributed by atoms with Crippen molar-refractivity contribution < 1.29 is 18.7 Å². The Balaban J connectivity index is 1.60. The molecule has 1 atom stereocenters. The standard InChI is InChI=1S/C20H29N3O5/c1-13-10-16(14-4-3-7-21-11-14)28-20(26)18(13)19(25)22-15-5-8-23(9-6-15)12-17(24)27-2/h10,14-15,21H,3-9,11-12H2,1-2H3,(H,22,25). The van der Waals surface area contributed by atoms with Crippen molar-refractivity contribution in [2.24, 2.45) is 0 Å². The Labute approximate surface area is 164 Å². The highest BCUT2D eigenvalue weighted by Gasteiger charge is 2.26. The Bertz CT molecular complexity index is 762. The van der Waals surface area contributed by atoms with Gasteiger partial charge in [-0.2, -0.15) is 0 Å². The van der Waals surface area contributed by atoms with Crippen LogP contribution in [0.3, 0.4) is 0 Å². The van der Waals surface area contributed by atoms with E-state index in [-0.39, 0.29) is 35.9 Å². The summed E-state index contributed by atoms with van der Waals surface area (Å²) >= 11 is 0. The van der Waals surface area contributed by atoms with Gasteiger partial charge in [0, 0.05) is 31.6 Å². The van der Waals surface area contributed by atoms with Gasteiger partial charge in [-0.1, -0.05) is 0 Å². The van der Waals surface area contributed by atoms with Crippen LogP contribution in [0.4, 0.5) is 0 Å². The van der Waals surface area contributed by atoms with Crippen molar-refractivity contribution in [3.63, 3.8) is 0 Å². The first-order valence-electron chi connectivity index (χ1n) is 9.93. The van der Waals surface area contributed by atoms with Crippen molar-refractivity contribution in [3.8, 4) is 0 Å². The second-order valence-electron chi connectivity index (χ2n) is 7.64. The zero-order chi connectivity index (χ0) is 20.1. The molecule has 0 aliphatic carbocycles. The van der Waals surface area contributed by atoms with E-state index in [4.69, 9.17) is 4.42 Å². The molecule has 3 heterocycles. The van der Waals surface area contributed by atoms with E-state index in [9.17, 15) is 14.4 Å². The quantitative estimate of drug-likeness (QED) is 0.716. The fourth-order valence-electron chi connectivity index (χ4n) is 3.94. The van der Waals surface area contributed by atoms with Gasteiger partial charge in [0.2, 0.25) is 0 Å². The molecule has 1 aromatic heterocycles. The molecule has 2 N–H and O–H groups in total. The highest BCUT2D eigenvalue weighted by atomic mass is 16.5. The number of esters is 1. The van der Waals surface area contributed by atoms with Crippen molar-refractivity contribution in [1.82, 2.24) is 15.5 Å². The highest BCUT2D eigenvalue weighted by Crippen LogP contribution is 2.23. The van der Waals surface area contributed by atoms with E-state index in [1.807, 2.05) is 11.0 Å². The molecule has 2 aliphatic rings. The van der Waals surface area contributed by atoms with E-state index >= 15 is 0 Å². The third-order valence-corrected chi connectivity index (χ3v) is 5.60. The molecular formula is C20H29N3O5. The fraction of sp³-hybridized carbons (Fsp3) is 0.650. The van der Waals surface area contributed by atoms with Crippen LogP contribution in [0.5, 0.6) is 0 Å². The number of ether oxygens (including phenoxy) is 1. The first-order chi connectivity index (χ1) is 13.5. The van der Waals surface area contributed by atoms with E-state index in [2.05, 4.69) is 15.4 Å². The SMILES string of the molecule is COC(=O)CN1CCC(NC(=O)c2c(C)cc(C3CCCNC3)oc2=O)CC1. The summed E-state index contributed by atoms with van der Waals surface area (Å²) in [7, 11) is 1.37. The maximum Gasteiger partial charge on any atom is 0.349 e. The Morgan fingerprint density at radius 1 is 1.32 bits per heavy atom. The second-order valence-corrected chi connectivity index (χ2v) is 7.64. The normalized spacial score (nSPS) is 21.3. The predicted molar refractivity (Wildman–Crippen MR) is 104 cm³/mol. The molecule has 3 rings (SSSR count). The van der Waals surface area contributed by atoms with Gasteiger partial charge in [-0.15, -0.1) is 0 Å². The molecule has 8 heteroatoms. The number of hydrogen-bond acceptors (Lipinski definition) is 7. The molecule has 0 radical (unpaired) electrons. The number of aryl methyl sites for hydroxylation is 1. The van der Waals surface area contributed by atoms with Crippen LogP contribution < -0.4 is 16.3 Å². The molecule has 28 heavy (non-hydrogen) atoms. The van der Waals surface area contributed by atoms with Gasteiger partial charge in [0.25, 0.3) is 5.91 Å². The summed E-state index contributed by atoms with van der Waals surface area (Å²) in [5.41, 5.74) is 0.170. The first kappa shape index (κ1) is 20.5. The highest BCUT2D eigenvalue weighted by molar-refractivity contribution is 5.95. The summed E-state index contributed by atoms with van der Waals surface area (Å²) < 4.78 is 10.2. The van der Waals surface area contributed by atoms with E-state index in [0.717, 1.165) is 38.8 Å². The number of hydrogen-bond donors (Lipinski definition) is 2. The average Bonchev–Trinajstić information content (AvgIpc) is 2.69. The van der Waals surface area contributed by atoms with Crippen LogP contribution in [0.15, 0.2) is 15.3 Å². The van der Waals surface area contributed by atoms with Gasteiger partial charge in [0.15, 0.2) is 0 Å². The van der Waals surface area contributed by atoms with Crippen molar-refractivity contribution >= 4 is 11.9 Å². The fourth-order valence-corrected chi connectivity index (χ4v) is 3.94. The Morgan fingerprint density at radius 2 is 2.07 bits per heavy atom. The molecule has 2 fully saturated rings. The second kappa shape index (κ2) is 9.34. The third kappa shape index (κ3) is 4.99. The smallest absolute Gasteiger partial charge is 0.349 e. The Hall–Kier alpha value is -2.19. The van der Waals surface area contributed by atoms with Gasteiger partial charge in [-0.3, -0.25) is 14.5 Å². The van der Waals surface area contributed by atoms with Crippen LogP contribution in [0.1, 0.15) is 53.3 Å². The molecule has 0 spiro atoms. The number of methoxy groups -OCH3 is 1. The predicted octanol–water partition coefficient (Wildman–Crippen LogP) is 0.782. The summed E-state index contributed by atoms with van der Waals surface area (Å²) in [6.45, 7) is 5.21. The summed E-state index contributed by atoms with van der Waals surface area (Å²) in [5.74, 6) is 0.189. The third-order valence-electron chi connectivity index (χ3n) is 5.60. The molecule has 1 aromatic rings. The number of nitrogens with zero attached hydrogens (tertiary/aromatic N) is 1. The molecule has 0 saturated carbocycles. The average molecular weight is 391 g/mol. The molecule has 1 amide bonds. The van der Waals surface area contributed by atoms with E-state index in [1.54, 1.807) is 6.92 Å². The molecule has 154 valence electrons. The minimum Gasteiger partial charge on any atom is -0.468 e. The van der Waals surface area contributed by atoms with E-state index in [0.29, 0.717) is 24.4 Å². The molecule has 0 bridgehead atoms. The van der Waals surface area contributed by atoms with Crippen LogP contribution in [0.25, 0.3) is 0 Å². The molecule has 1 unspecified atom stereocenters. The van der Waals surface area contributed by atoms with Crippen LogP contribution in [0.2, 0.25) is 0 Å². The van der Waals surface area contributed by atoms with Gasteiger partial charge in [-0.05, 0) is 50.8 Å². The monoisotopic (exact) mass is 391 g/mol. The number of piperidine rings is 2. The minimum absolute atomic E-state index is 0.0255. The molecule has 2 saturated heterocycles. The lowest BCUT2D eigenvalue weighted by Crippen LogP contribution is -2.46. The number of nitrogens with one attached hydrogen (secondary N) is 2. The number of carbonyl (C=O) groups excluding carboxylic acids is 2. The lowest BCUT2D eigenvalue weighted by atomic mass is 9.95. The van der Waals surface area contributed by atoms with Gasteiger partial charge in [0.1, 0.15) is 11.3 Å². The van der Waals surface area contributed by atoms with Crippen molar-refractivity contribution in [2.75, 3.05) is 39.8 Å². The maximum absolute atomic E-state index is 12.7. The molecular weight excluding hydrogens is 362 g/mol. The number of rotatable bonds is 5. The number of likely N-dealkylation sites (tertiary alicyclic amines) is 1. The van der Waals surface area contributed by atoms with E-state index in [1.165, 1.54) is 7.11 Å². The van der Waals surface area contributed by atoms with Gasteiger partial charge >= 0.3 is 11.6 Å². The summed E-state index contributed by atoms with van der Waals surface area (Å²) in [5, 5.41) is 6.26. The van der Waals surface area contributed by atoms with Gasteiger partial charge in [-0.25, -0.2) is 4.79 Å². The molecule has 0 aromatic carbocycles. The zero-order valence-corrected chi connectivity index (χ0v) is 16.6. The van der Waals surface area contributed by atoms with Gasteiger partial charge < -0.3 is 19.8 Å². The van der Waals surface area contributed by atoms with Crippen LogP contribution >= 0.6 is 0 Å². The maximum atomic E-state index is 12.7. The topological polar surface area (TPSA) is 101 Å². The Morgan fingerprint density at radius 3 is 2.68 bits per heavy atom. The molecule has 2 aliphatic heterocycles. The lowest BCUT2D eigenvalue weighted by Gasteiger charge is -2.31. The van der Waals surface area contributed by atoms with Crippen LogP contribution in [-0.4, -0.2) is 62.7 Å². The number of carbonyl (C=O) groups is 2.